The van der Waals surface area contributed by atoms with Gasteiger partial charge in [-0.15, -0.1) is 0 Å². The zero-order valence-corrected chi connectivity index (χ0v) is 15.4. The monoisotopic (exact) mass is 386 g/mol. The molecule has 0 atom stereocenters. The number of sulfonamides is 1. The molecule has 9 heteroatoms. The lowest BCUT2D eigenvalue weighted by Gasteiger charge is -2.40. The van der Waals surface area contributed by atoms with Crippen LogP contribution in [0.1, 0.15) is 42.5 Å². The first-order valence-corrected chi connectivity index (χ1v) is 11.5. The molecule has 0 bridgehead atoms. The Morgan fingerprint density at radius 3 is 2.00 bits per heavy atom. The molecular formula is C16H22N2O5S2. The maximum Gasteiger partial charge on any atom is 0.253 e. The molecule has 138 valence electrons. The van der Waals surface area contributed by atoms with Crippen LogP contribution in [-0.4, -0.2) is 51.2 Å². The maximum atomic E-state index is 12.6. The van der Waals surface area contributed by atoms with Crippen LogP contribution >= 0.6 is 0 Å². The van der Waals surface area contributed by atoms with Crippen LogP contribution in [0.25, 0.3) is 0 Å². The summed E-state index contributed by atoms with van der Waals surface area (Å²) in [7, 11) is -6.99. The molecule has 2 fully saturated rings. The summed E-state index contributed by atoms with van der Waals surface area (Å²) in [5, 5.41) is 4.28. The van der Waals surface area contributed by atoms with E-state index in [0.717, 1.165) is 32.1 Å². The smallest absolute Gasteiger partial charge is 0.253 e. The molecule has 1 aromatic rings. The number of hydrogen-bond donors (Lipinski definition) is 1. The highest BCUT2D eigenvalue weighted by Crippen LogP contribution is 2.30. The first kappa shape index (κ1) is 18.3. The largest absolute Gasteiger partial charge is 0.336 e. The normalized spacial score (nSPS) is 20.3. The van der Waals surface area contributed by atoms with E-state index in [1.807, 2.05) is 0 Å². The second-order valence-electron chi connectivity index (χ2n) is 6.75. The van der Waals surface area contributed by atoms with Crippen LogP contribution in [0.3, 0.4) is 0 Å². The third-order valence-corrected chi connectivity index (χ3v) is 8.60. The van der Waals surface area contributed by atoms with Gasteiger partial charge in [0.25, 0.3) is 5.91 Å². The fraction of sp³-hybridized carbons (Fsp3) is 0.562. The molecule has 25 heavy (non-hydrogen) atoms. The molecule has 1 aliphatic heterocycles. The van der Waals surface area contributed by atoms with Crippen molar-refractivity contribution in [3.05, 3.63) is 29.8 Å². The minimum atomic E-state index is -3.80. The average Bonchev–Trinajstić information content (AvgIpc) is 2.53. The Hall–Kier alpha value is -1.45. The Bertz CT molecular complexity index is 850. The fourth-order valence-electron chi connectivity index (χ4n) is 3.45. The molecule has 0 unspecified atom stereocenters. The number of likely N-dealkylation sites (tertiary alicyclic amines) is 1. The van der Waals surface area contributed by atoms with Gasteiger partial charge in [0.05, 0.1) is 15.4 Å². The number of benzene rings is 1. The molecule has 1 saturated heterocycles. The number of hydrogen-bond acceptors (Lipinski definition) is 5. The summed E-state index contributed by atoms with van der Waals surface area (Å²) < 4.78 is 47.7. The number of rotatable bonds is 4. The first-order valence-electron chi connectivity index (χ1n) is 8.34. The molecule has 3 rings (SSSR count). The number of carbonyl (C=O) groups is 1. The molecule has 2 N–H and O–H groups in total. The highest BCUT2D eigenvalue weighted by Gasteiger charge is 2.43. The fourth-order valence-corrected chi connectivity index (χ4v) is 6.27. The number of carbonyl (C=O) groups excluding carboxylic acids is 1. The van der Waals surface area contributed by atoms with Gasteiger partial charge in [0.1, 0.15) is 0 Å². The summed E-state index contributed by atoms with van der Waals surface area (Å²) in [6.45, 7) is 0.406. The number of amides is 1. The van der Waals surface area contributed by atoms with Crippen molar-refractivity contribution >= 4 is 25.8 Å². The number of nitrogens with two attached hydrogens (primary N) is 1. The van der Waals surface area contributed by atoms with Crippen LogP contribution in [0.4, 0.5) is 0 Å². The predicted octanol–water partition coefficient (Wildman–Crippen LogP) is 0.906. The maximum absolute atomic E-state index is 12.6. The van der Waals surface area contributed by atoms with Gasteiger partial charge in [0, 0.05) is 18.7 Å². The van der Waals surface area contributed by atoms with Crippen LogP contribution in [-0.2, 0) is 19.9 Å². The van der Waals surface area contributed by atoms with E-state index >= 15 is 0 Å². The SMILES string of the molecule is NS(=O)(=O)c1ccc(C(=O)N2CC(S(=O)(=O)C3CCCCC3)C2)cc1. The van der Waals surface area contributed by atoms with E-state index in [0.29, 0.717) is 5.56 Å². The zero-order valence-electron chi connectivity index (χ0n) is 13.8. The van der Waals surface area contributed by atoms with Crippen LogP contribution in [0.5, 0.6) is 0 Å². The highest BCUT2D eigenvalue weighted by molar-refractivity contribution is 7.92. The van der Waals surface area contributed by atoms with Gasteiger partial charge >= 0.3 is 0 Å². The summed E-state index contributed by atoms with van der Waals surface area (Å²) in [5.74, 6) is -0.295. The van der Waals surface area contributed by atoms with Gasteiger partial charge in [0.15, 0.2) is 9.84 Å². The Morgan fingerprint density at radius 1 is 0.920 bits per heavy atom. The van der Waals surface area contributed by atoms with E-state index in [-0.39, 0.29) is 29.1 Å². The van der Waals surface area contributed by atoms with Gasteiger partial charge in [-0.1, -0.05) is 19.3 Å². The van der Waals surface area contributed by atoms with E-state index < -0.39 is 25.1 Å². The van der Waals surface area contributed by atoms with E-state index in [4.69, 9.17) is 5.14 Å². The van der Waals surface area contributed by atoms with Crippen molar-refractivity contribution in [1.29, 1.82) is 0 Å². The summed E-state index contributed by atoms with van der Waals surface area (Å²) in [6, 6.07) is 5.34. The summed E-state index contributed by atoms with van der Waals surface area (Å²) >= 11 is 0. The third-order valence-electron chi connectivity index (χ3n) is 5.05. The van der Waals surface area contributed by atoms with Crippen LogP contribution in [0.2, 0.25) is 0 Å². The zero-order chi connectivity index (χ0) is 18.2. The molecule has 0 aromatic heterocycles. The van der Waals surface area contributed by atoms with Crippen molar-refractivity contribution in [3.8, 4) is 0 Å². The Morgan fingerprint density at radius 2 is 1.48 bits per heavy atom. The Balaban J connectivity index is 1.63. The quantitative estimate of drug-likeness (QED) is 0.826. The van der Waals surface area contributed by atoms with Gasteiger partial charge < -0.3 is 4.90 Å². The minimum Gasteiger partial charge on any atom is -0.336 e. The van der Waals surface area contributed by atoms with E-state index in [1.54, 1.807) is 0 Å². The molecule has 1 heterocycles. The molecule has 1 saturated carbocycles. The van der Waals surface area contributed by atoms with Crippen molar-refractivity contribution in [2.45, 2.75) is 47.5 Å². The van der Waals surface area contributed by atoms with E-state index in [2.05, 4.69) is 0 Å². The molecule has 0 radical (unpaired) electrons. The molecule has 0 spiro atoms. The number of nitrogens with zero attached hydrogens (tertiary/aromatic N) is 1. The number of sulfone groups is 1. The average molecular weight is 386 g/mol. The molecule has 1 aromatic carbocycles. The van der Waals surface area contributed by atoms with Gasteiger partial charge in [-0.2, -0.15) is 0 Å². The lowest BCUT2D eigenvalue weighted by Crippen LogP contribution is -2.58. The van der Waals surface area contributed by atoms with E-state index in [9.17, 15) is 21.6 Å². The van der Waals surface area contributed by atoms with Gasteiger partial charge in [-0.25, -0.2) is 22.0 Å². The van der Waals surface area contributed by atoms with Crippen molar-refractivity contribution < 1.29 is 21.6 Å². The highest BCUT2D eigenvalue weighted by atomic mass is 32.2. The van der Waals surface area contributed by atoms with Crippen LogP contribution in [0.15, 0.2) is 29.2 Å². The Labute approximate surface area is 148 Å². The molecule has 1 amide bonds. The number of primary sulfonamides is 1. The van der Waals surface area contributed by atoms with Gasteiger partial charge in [-0.3, -0.25) is 4.79 Å². The predicted molar refractivity (Wildman–Crippen MR) is 93.3 cm³/mol. The van der Waals surface area contributed by atoms with Crippen molar-refractivity contribution in [1.82, 2.24) is 4.90 Å². The van der Waals surface area contributed by atoms with Gasteiger partial charge in [0.2, 0.25) is 10.0 Å². The molecule has 7 nitrogen and oxygen atoms in total. The van der Waals surface area contributed by atoms with Crippen molar-refractivity contribution in [2.75, 3.05) is 13.1 Å². The Kier molecular flexibility index (Phi) is 4.91. The lowest BCUT2D eigenvalue weighted by molar-refractivity contribution is 0.0658. The van der Waals surface area contributed by atoms with Crippen LogP contribution < -0.4 is 5.14 Å². The summed E-state index contributed by atoms with van der Waals surface area (Å²) in [4.78, 5) is 13.8. The second kappa shape index (κ2) is 6.69. The summed E-state index contributed by atoms with van der Waals surface area (Å²) in [5.41, 5.74) is 0.320. The molecular weight excluding hydrogens is 364 g/mol. The third kappa shape index (κ3) is 3.73. The lowest BCUT2D eigenvalue weighted by atomic mass is 10.0. The topological polar surface area (TPSA) is 115 Å². The first-order chi connectivity index (χ1) is 11.7. The standard InChI is InChI=1S/C16H22N2O5S2/c17-25(22,23)14-8-6-12(7-9-14)16(19)18-10-15(11-18)24(20,21)13-4-2-1-3-5-13/h6-9,13,15H,1-5,10-11H2,(H2,17,22,23). The van der Waals surface area contributed by atoms with Gasteiger partial charge in [-0.05, 0) is 37.1 Å². The second-order valence-corrected chi connectivity index (χ2v) is 10.8. The molecule has 2 aliphatic rings. The van der Waals surface area contributed by atoms with Crippen molar-refractivity contribution in [3.63, 3.8) is 0 Å². The van der Waals surface area contributed by atoms with Crippen LogP contribution in [0, 0.1) is 0 Å². The van der Waals surface area contributed by atoms with Crippen molar-refractivity contribution in [2.24, 2.45) is 5.14 Å². The summed E-state index contributed by atoms with van der Waals surface area (Å²) in [6.07, 6.45) is 4.45. The molecule has 1 aliphatic carbocycles. The minimum absolute atomic E-state index is 0.0644. The van der Waals surface area contributed by atoms with E-state index in [1.165, 1.54) is 29.2 Å².